The molecule has 0 saturated heterocycles. The second-order valence-electron chi connectivity index (χ2n) is 4.96. The summed E-state index contributed by atoms with van der Waals surface area (Å²) in [6, 6.07) is 5.38. The molecule has 0 bridgehead atoms. The maximum Gasteiger partial charge on any atom is 0.251 e. The number of rotatable bonds is 5. The molecule has 0 aliphatic carbocycles. The van der Waals surface area contributed by atoms with Gasteiger partial charge in [-0.1, -0.05) is 6.07 Å². The van der Waals surface area contributed by atoms with E-state index in [9.17, 15) is 4.79 Å². The number of benzene rings is 1. The number of aromatic nitrogens is 2. The van der Waals surface area contributed by atoms with E-state index >= 15 is 0 Å². The standard InChI is InChI=1S/C15H20N4O.ClH/c1-11-5-6-13(16)8-14(11)15(20)17-7-3-4-12-9-18-19(2)10-12;/h5-6,8-10H,3-4,7,16H2,1-2H3,(H,17,20);1H. The number of hydrogen-bond acceptors (Lipinski definition) is 3. The average Bonchev–Trinajstić information content (AvgIpc) is 2.83. The topological polar surface area (TPSA) is 72.9 Å². The Morgan fingerprint density at radius 1 is 1.43 bits per heavy atom. The van der Waals surface area contributed by atoms with Crippen LogP contribution in [0.5, 0.6) is 0 Å². The Hall–Kier alpha value is -2.01. The lowest BCUT2D eigenvalue weighted by molar-refractivity contribution is 0.0952. The second-order valence-corrected chi connectivity index (χ2v) is 4.96. The molecule has 2 rings (SSSR count). The predicted octanol–water partition coefficient (Wildman–Crippen LogP) is 2.10. The maximum absolute atomic E-state index is 12.1. The van der Waals surface area contributed by atoms with Gasteiger partial charge in [-0.25, -0.2) is 0 Å². The van der Waals surface area contributed by atoms with Crippen molar-refractivity contribution in [1.29, 1.82) is 0 Å². The third kappa shape index (κ3) is 4.79. The van der Waals surface area contributed by atoms with E-state index in [1.165, 1.54) is 5.56 Å². The Labute approximate surface area is 130 Å². The van der Waals surface area contributed by atoms with Crippen LogP contribution in [-0.2, 0) is 13.5 Å². The van der Waals surface area contributed by atoms with Crippen molar-refractivity contribution in [2.45, 2.75) is 19.8 Å². The predicted molar refractivity (Wildman–Crippen MR) is 86.7 cm³/mol. The lowest BCUT2D eigenvalue weighted by Gasteiger charge is -2.08. The van der Waals surface area contributed by atoms with E-state index < -0.39 is 0 Å². The molecule has 2 aromatic rings. The van der Waals surface area contributed by atoms with E-state index in [-0.39, 0.29) is 18.3 Å². The van der Waals surface area contributed by atoms with Gasteiger partial charge in [-0.15, -0.1) is 12.4 Å². The number of aryl methyl sites for hydroxylation is 3. The highest BCUT2D eigenvalue weighted by atomic mass is 35.5. The van der Waals surface area contributed by atoms with Gasteiger partial charge in [-0.3, -0.25) is 9.48 Å². The van der Waals surface area contributed by atoms with Crippen molar-refractivity contribution < 1.29 is 4.79 Å². The molecule has 0 radical (unpaired) electrons. The Bertz CT molecular complexity index is 609. The van der Waals surface area contributed by atoms with Gasteiger partial charge in [-0.2, -0.15) is 5.10 Å². The zero-order valence-corrected chi connectivity index (χ0v) is 13.1. The molecule has 1 amide bonds. The third-order valence-electron chi connectivity index (χ3n) is 3.19. The van der Waals surface area contributed by atoms with Crippen LogP contribution in [0.25, 0.3) is 0 Å². The maximum atomic E-state index is 12.1. The molecular weight excluding hydrogens is 288 g/mol. The third-order valence-corrected chi connectivity index (χ3v) is 3.19. The van der Waals surface area contributed by atoms with Crippen LogP contribution in [0.15, 0.2) is 30.6 Å². The number of nitrogens with zero attached hydrogens (tertiary/aromatic N) is 2. The molecule has 0 unspecified atom stereocenters. The number of carbonyl (C=O) groups excluding carboxylic acids is 1. The van der Waals surface area contributed by atoms with Crippen LogP contribution in [-0.4, -0.2) is 22.2 Å². The van der Waals surface area contributed by atoms with E-state index in [1.54, 1.807) is 16.8 Å². The zero-order chi connectivity index (χ0) is 14.5. The molecule has 1 aromatic carbocycles. The van der Waals surface area contributed by atoms with Crippen LogP contribution in [0.1, 0.15) is 27.9 Å². The van der Waals surface area contributed by atoms with Crippen LogP contribution < -0.4 is 11.1 Å². The summed E-state index contributed by atoms with van der Waals surface area (Å²) in [6.45, 7) is 2.55. The van der Waals surface area contributed by atoms with Crippen LogP contribution in [0.4, 0.5) is 5.69 Å². The van der Waals surface area contributed by atoms with Gasteiger partial charge in [0, 0.05) is 31.0 Å². The number of nitrogen functional groups attached to an aromatic ring is 1. The van der Waals surface area contributed by atoms with Gasteiger partial charge in [0.25, 0.3) is 5.91 Å². The monoisotopic (exact) mass is 308 g/mol. The summed E-state index contributed by atoms with van der Waals surface area (Å²) < 4.78 is 1.78. The minimum absolute atomic E-state index is 0. The fourth-order valence-corrected chi connectivity index (χ4v) is 2.07. The first-order chi connectivity index (χ1) is 9.56. The first-order valence-corrected chi connectivity index (χ1v) is 6.68. The van der Waals surface area contributed by atoms with Crippen molar-refractivity contribution in [2.75, 3.05) is 12.3 Å². The highest BCUT2D eigenvalue weighted by Crippen LogP contribution is 2.12. The summed E-state index contributed by atoms with van der Waals surface area (Å²) in [7, 11) is 1.90. The van der Waals surface area contributed by atoms with Gasteiger partial charge in [0.05, 0.1) is 6.20 Å². The second kappa shape index (κ2) is 7.69. The largest absolute Gasteiger partial charge is 0.399 e. The van der Waals surface area contributed by atoms with Crippen molar-refractivity contribution in [3.05, 3.63) is 47.3 Å². The smallest absolute Gasteiger partial charge is 0.251 e. The van der Waals surface area contributed by atoms with Crippen molar-refractivity contribution in [3.8, 4) is 0 Å². The quantitative estimate of drug-likeness (QED) is 0.656. The highest BCUT2D eigenvalue weighted by molar-refractivity contribution is 5.96. The first-order valence-electron chi connectivity index (χ1n) is 6.68. The van der Waals surface area contributed by atoms with Crippen molar-refractivity contribution in [1.82, 2.24) is 15.1 Å². The summed E-state index contributed by atoms with van der Waals surface area (Å²) in [5.74, 6) is -0.0685. The van der Waals surface area contributed by atoms with E-state index in [0.717, 1.165) is 18.4 Å². The summed E-state index contributed by atoms with van der Waals surface area (Å²) >= 11 is 0. The number of hydrogen-bond donors (Lipinski definition) is 2. The number of nitrogens with two attached hydrogens (primary N) is 1. The van der Waals surface area contributed by atoms with Crippen molar-refractivity contribution in [3.63, 3.8) is 0 Å². The average molecular weight is 309 g/mol. The summed E-state index contributed by atoms with van der Waals surface area (Å²) in [6.07, 6.45) is 5.64. The van der Waals surface area contributed by atoms with Gasteiger partial charge in [0.1, 0.15) is 0 Å². The zero-order valence-electron chi connectivity index (χ0n) is 12.3. The van der Waals surface area contributed by atoms with E-state index in [1.807, 2.05) is 32.4 Å². The number of amides is 1. The van der Waals surface area contributed by atoms with Gasteiger partial charge in [-0.05, 0) is 43.0 Å². The fourth-order valence-electron chi connectivity index (χ4n) is 2.07. The van der Waals surface area contributed by atoms with Gasteiger partial charge in [0.15, 0.2) is 0 Å². The van der Waals surface area contributed by atoms with Crippen LogP contribution >= 0.6 is 12.4 Å². The molecule has 6 heteroatoms. The Morgan fingerprint density at radius 3 is 2.86 bits per heavy atom. The van der Waals surface area contributed by atoms with E-state index in [2.05, 4.69) is 10.4 Å². The minimum Gasteiger partial charge on any atom is -0.399 e. The molecular formula is C15H21ClN4O. The number of anilines is 1. The SMILES string of the molecule is Cc1ccc(N)cc1C(=O)NCCCc1cnn(C)c1.Cl. The molecule has 1 heterocycles. The minimum atomic E-state index is -0.0685. The molecule has 5 nitrogen and oxygen atoms in total. The van der Waals surface area contributed by atoms with Gasteiger partial charge < -0.3 is 11.1 Å². The molecule has 0 atom stereocenters. The molecule has 1 aromatic heterocycles. The summed E-state index contributed by atoms with van der Waals surface area (Å²) in [4.78, 5) is 12.1. The number of nitrogens with one attached hydrogen (secondary N) is 1. The molecule has 0 aliphatic rings. The molecule has 0 aliphatic heterocycles. The highest BCUT2D eigenvalue weighted by Gasteiger charge is 2.08. The van der Waals surface area contributed by atoms with E-state index in [0.29, 0.717) is 17.8 Å². The van der Waals surface area contributed by atoms with Gasteiger partial charge in [0.2, 0.25) is 0 Å². The molecule has 0 spiro atoms. The summed E-state index contributed by atoms with van der Waals surface area (Å²) in [5, 5.41) is 7.04. The molecule has 114 valence electrons. The summed E-state index contributed by atoms with van der Waals surface area (Å²) in [5.41, 5.74) is 9.08. The Morgan fingerprint density at radius 2 is 2.19 bits per heavy atom. The first kappa shape index (κ1) is 17.0. The van der Waals surface area contributed by atoms with Crippen LogP contribution in [0, 0.1) is 6.92 Å². The Kier molecular flexibility index (Phi) is 6.24. The molecule has 21 heavy (non-hydrogen) atoms. The lowest BCUT2D eigenvalue weighted by Crippen LogP contribution is -2.25. The van der Waals surface area contributed by atoms with Crippen molar-refractivity contribution in [2.24, 2.45) is 7.05 Å². The van der Waals surface area contributed by atoms with Gasteiger partial charge >= 0.3 is 0 Å². The molecule has 0 fully saturated rings. The number of carbonyl (C=O) groups is 1. The normalized spacial score (nSPS) is 10.0. The van der Waals surface area contributed by atoms with Crippen LogP contribution in [0.2, 0.25) is 0 Å². The lowest BCUT2D eigenvalue weighted by atomic mass is 10.1. The molecule has 0 saturated carbocycles. The van der Waals surface area contributed by atoms with Crippen LogP contribution in [0.3, 0.4) is 0 Å². The van der Waals surface area contributed by atoms with E-state index in [4.69, 9.17) is 5.73 Å². The van der Waals surface area contributed by atoms with Crippen molar-refractivity contribution >= 4 is 24.0 Å². The number of halogens is 1. The molecule has 3 N–H and O–H groups in total. The fraction of sp³-hybridized carbons (Fsp3) is 0.333. The Balaban J connectivity index is 0.00000220.